The minimum Gasteiger partial charge on any atom is -0.382 e. The molecule has 16 heavy (non-hydrogen) atoms. The summed E-state index contributed by atoms with van der Waals surface area (Å²) >= 11 is 3.49. The molecule has 88 valence electrons. The first-order valence-electron chi connectivity index (χ1n) is 5.83. The summed E-state index contributed by atoms with van der Waals surface area (Å²) in [5.41, 5.74) is 1.19. The summed E-state index contributed by atoms with van der Waals surface area (Å²) in [5, 5.41) is 3.58. The van der Waals surface area contributed by atoms with Crippen molar-refractivity contribution in [3.05, 3.63) is 28.7 Å². The normalized spacial score (nSPS) is 25.4. The lowest BCUT2D eigenvalue weighted by Crippen LogP contribution is -2.30. The van der Waals surface area contributed by atoms with Crippen molar-refractivity contribution in [3.8, 4) is 0 Å². The lowest BCUT2D eigenvalue weighted by atomic mass is 9.92. The van der Waals surface area contributed by atoms with Crippen LogP contribution in [0.1, 0.15) is 25.7 Å². The van der Waals surface area contributed by atoms with E-state index in [0.717, 1.165) is 10.9 Å². The molecule has 0 bridgehead atoms. The first-order chi connectivity index (χ1) is 7.78. The zero-order valence-corrected chi connectivity index (χ0v) is 11.2. The maximum absolute atomic E-state index is 5.43. The van der Waals surface area contributed by atoms with E-state index >= 15 is 0 Å². The Kier molecular flexibility index (Phi) is 4.24. The van der Waals surface area contributed by atoms with Gasteiger partial charge in [-0.3, -0.25) is 0 Å². The molecule has 0 heterocycles. The van der Waals surface area contributed by atoms with Gasteiger partial charge in [0.25, 0.3) is 0 Å². The molecule has 1 saturated carbocycles. The molecule has 2 atom stereocenters. The zero-order chi connectivity index (χ0) is 11.4. The van der Waals surface area contributed by atoms with E-state index in [4.69, 9.17) is 4.74 Å². The van der Waals surface area contributed by atoms with E-state index < -0.39 is 0 Å². The Morgan fingerprint density at radius 2 is 2.25 bits per heavy atom. The highest BCUT2D eigenvalue weighted by Gasteiger charge is 2.21. The summed E-state index contributed by atoms with van der Waals surface area (Å²) in [5.74, 6) is 0. The largest absolute Gasteiger partial charge is 0.382 e. The van der Waals surface area contributed by atoms with Crippen molar-refractivity contribution in [1.82, 2.24) is 0 Å². The zero-order valence-electron chi connectivity index (χ0n) is 9.58. The molecule has 0 spiro atoms. The molecule has 1 fully saturated rings. The summed E-state index contributed by atoms with van der Waals surface area (Å²) in [6.45, 7) is 0. The van der Waals surface area contributed by atoms with Crippen LogP contribution in [0, 0.1) is 0 Å². The van der Waals surface area contributed by atoms with Crippen LogP contribution in [0.15, 0.2) is 28.7 Å². The van der Waals surface area contributed by atoms with Crippen molar-refractivity contribution >= 4 is 21.6 Å². The average molecular weight is 284 g/mol. The maximum atomic E-state index is 5.43. The number of halogens is 1. The van der Waals surface area contributed by atoms with Gasteiger partial charge in [0, 0.05) is 23.3 Å². The molecule has 2 rings (SSSR count). The number of rotatable bonds is 3. The van der Waals surface area contributed by atoms with E-state index in [-0.39, 0.29) is 0 Å². The fourth-order valence-corrected chi connectivity index (χ4v) is 2.70. The van der Waals surface area contributed by atoms with Crippen molar-refractivity contribution < 1.29 is 4.74 Å². The molecule has 1 aliphatic carbocycles. The number of hydrogen-bond donors (Lipinski definition) is 1. The third-order valence-electron chi connectivity index (χ3n) is 3.15. The summed E-state index contributed by atoms with van der Waals surface area (Å²) in [6, 6.07) is 8.89. The Morgan fingerprint density at radius 3 is 3.00 bits per heavy atom. The highest BCUT2D eigenvalue weighted by atomic mass is 79.9. The first-order valence-corrected chi connectivity index (χ1v) is 6.62. The third kappa shape index (κ3) is 3.22. The molecule has 1 aromatic carbocycles. The van der Waals surface area contributed by atoms with Crippen LogP contribution in [0.5, 0.6) is 0 Å². The predicted molar refractivity (Wildman–Crippen MR) is 70.8 cm³/mol. The van der Waals surface area contributed by atoms with Gasteiger partial charge in [0.1, 0.15) is 0 Å². The molecular weight excluding hydrogens is 266 g/mol. The standard InChI is InChI=1S/C13H18BrNO/c1-16-13-7-3-6-12(9-13)15-11-5-2-4-10(14)8-11/h2,4-5,8,12-13,15H,3,6-7,9H2,1H3. The molecule has 0 aliphatic heterocycles. The topological polar surface area (TPSA) is 21.3 Å². The van der Waals surface area contributed by atoms with E-state index in [0.29, 0.717) is 12.1 Å². The van der Waals surface area contributed by atoms with Gasteiger partial charge in [-0.2, -0.15) is 0 Å². The minimum atomic E-state index is 0.429. The van der Waals surface area contributed by atoms with Crippen LogP contribution in [0.25, 0.3) is 0 Å². The molecular formula is C13H18BrNO. The van der Waals surface area contributed by atoms with E-state index in [1.165, 1.54) is 24.9 Å². The second-order valence-corrected chi connectivity index (χ2v) is 5.29. The highest BCUT2D eigenvalue weighted by molar-refractivity contribution is 9.10. The number of ether oxygens (including phenoxy) is 1. The number of hydrogen-bond acceptors (Lipinski definition) is 2. The van der Waals surface area contributed by atoms with Crippen molar-refractivity contribution in [2.45, 2.75) is 37.8 Å². The van der Waals surface area contributed by atoms with Crippen molar-refractivity contribution in [2.24, 2.45) is 0 Å². The van der Waals surface area contributed by atoms with Crippen LogP contribution in [0.4, 0.5) is 5.69 Å². The second kappa shape index (κ2) is 5.69. The lowest BCUT2D eigenvalue weighted by Gasteiger charge is -2.29. The highest BCUT2D eigenvalue weighted by Crippen LogP contribution is 2.24. The Bertz CT molecular complexity index is 342. The predicted octanol–water partition coefficient (Wildman–Crippen LogP) is 3.82. The third-order valence-corrected chi connectivity index (χ3v) is 3.65. The Morgan fingerprint density at radius 1 is 1.38 bits per heavy atom. The SMILES string of the molecule is COC1CCCC(Nc2cccc(Br)c2)C1. The second-order valence-electron chi connectivity index (χ2n) is 4.38. The first kappa shape index (κ1) is 11.9. The van der Waals surface area contributed by atoms with Crippen LogP contribution in [-0.4, -0.2) is 19.3 Å². The molecule has 0 radical (unpaired) electrons. The van der Waals surface area contributed by atoms with Crippen LogP contribution >= 0.6 is 15.9 Å². The lowest BCUT2D eigenvalue weighted by molar-refractivity contribution is 0.0669. The number of anilines is 1. The van der Waals surface area contributed by atoms with Gasteiger partial charge in [0.05, 0.1) is 6.10 Å². The van der Waals surface area contributed by atoms with E-state index in [2.05, 4.69) is 39.4 Å². The fourth-order valence-electron chi connectivity index (χ4n) is 2.30. The quantitative estimate of drug-likeness (QED) is 0.911. The molecule has 0 amide bonds. The number of benzene rings is 1. The summed E-state index contributed by atoms with van der Waals surface area (Å²) < 4.78 is 6.56. The molecule has 1 aliphatic rings. The molecule has 1 N–H and O–H groups in total. The number of methoxy groups -OCH3 is 1. The van der Waals surface area contributed by atoms with Crippen molar-refractivity contribution in [3.63, 3.8) is 0 Å². The van der Waals surface area contributed by atoms with Crippen LogP contribution in [-0.2, 0) is 4.74 Å². The van der Waals surface area contributed by atoms with E-state index in [9.17, 15) is 0 Å². The summed E-state index contributed by atoms with van der Waals surface area (Å²) in [7, 11) is 1.81. The Balaban J connectivity index is 1.94. The van der Waals surface area contributed by atoms with Crippen molar-refractivity contribution in [1.29, 1.82) is 0 Å². The van der Waals surface area contributed by atoms with E-state index in [1.54, 1.807) is 0 Å². The monoisotopic (exact) mass is 283 g/mol. The molecule has 0 saturated heterocycles. The number of nitrogens with one attached hydrogen (secondary N) is 1. The van der Waals surface area contributed by atoms with Crippen LogP contribution < -0.4 is 5.32 Å². The van der Waals surface area contributed by atoms with Gasteiger partial charge in [0.2, 0.25) is 0 Å². The van der Waals surface area contributed by atoms with Gasteiger partial charge in [-0.15, -0.1) is 0 Å². The molecule has 2 nitrogen and oxygen atoms in total. The van der Waals surface area contributed by atoms with Gasteiger partial charge in [-0.25, -0.2) is 0 Å². The summed E-state index contributed by atoms with van der Waals surface area (Å²) in [6.07, 6.45) is 5.24. The molecule has 3 heteroatoms. The smallest absolute Gasteiger partial charge is 0.0590 e. The average Bonchev–Trinajstić information content (AvgIpc) is 2.29. The Hall–Kier alpha value is -0.540. The maximum Gasteiger partial charge on any atom is 0.0590 e. The van der Waals surface area contributed by atoms with Crippen LogP contribution in [0.2, 0.25) is 0 Å². The minimum absolute atomic E-state index is 0.429. The fraction of sp³-hybridized carbons (Fsp3) is 0.538. The van der Waals surface area contributed by atoms with E-state index in [1.807, 2.05) is 13.2 Å². The van der Waals surface area contributed by atoms with Gasteiger partial charge >= 0.3 is 0 Å². The molecule has 2 unspecified atom stereocenters. The molecule has 0 aromatic heterocycles. The van der Waals surface area contributed by atoms with Gasteiger partial charge in [-0.1, -0.05) is 22.0 Å². The van der Waals surface area contributed by atoms with Gasteiger partial charge in [0.15, 0.2) is 0 Å². The Labute approximate surface area is 106 Å². The van der Waals surface area contributed by atoms with Crippen LogP contribution in [0.3, 0.4) is 0 Å². The summed E-state index contributed by atoms with van der Waals surface area (Å²) in [4.78, 5) is 0. The van der Waals surface area contributed by atoms with Crippen molar-refractivity contribution in [2.75, 3.05) is 12.4 Å². The molecule has 1 aromatic rings. The van der Waals surface area contributed by atoms with Gasteiger partial charge in [-0.05, 0) is 43.9 Å². The van der Waals surface area contributed by atoms with Gasteiger partial charge < -0.3 is 10.1 Å².